The number of aromatic nitrogens is 1. The lowest BCUT2D eigenvalue weighted by Gasteiger charge is -2.27. The van der Waals surface area contributed by atoms with Gasteiger partial charge in [0.05, 0.1) is 21.6 Å². The summed E-state index contributed by atoms with van der Waals surface area (Å²) in [7, 11) is 0. The molecule has 102 valence electrons. The average Bonchev–Trinajstić information content (AvgIpc) is 3.08. The Morgan fingerprint density at radius 3 is 2.95 bits per heavy atom. The van der Waals surface area contributed by atoms with Gasteiger partial charge >= 0.3 is 0 Å². The molecule has 0 unspecified atom stereocenters. The van der Waals surface area contributed by atoms with Crippen molar-refractivity contribution in [3.8, 4) is 0 Å². The van der Waals surface area contributed by atoms with Gasteiger partial charge in [0.25, 0.3) is 0 Å². The van der Waals surface area contributed by atoms with Crippen LogP contribution < -0.4 is 11.1 Å². The molecule has 3 rings (SSSR count). The molecule has 1 aliphatic rings. The summed E-state index contributed by atoms with van der Waals surface area (Å²) in [5.41, 5.74) is 10.8. The number of thiazole rings is 1. The first-order valence-corrected chi connectivity index (χ1v) is 8.75. The summed E-state index contributed by atoms with van der Waals surface area (Å²) < 4.78 is 1.55. The maximum Gasteiger partial charge on any atom is 0.106 e. The number of rotatable bonds is 4. The van der Waals surface area contributed by atoms with Crippen LogP contribution in [0, 0.1) is 0 Å². The lowest BCUT2D eigenvalue weighted by molar-refractivity contribution is 0.640. The lowest BCUT2D eigenvalue weighted by Crippen LogP contribution is -2.30. The summed E-state index contributed by atoms with van der Waals surface area (Å²) in [6.45, 7) is 0.994. The number of benzene rings is 1. The summed E-state index contributed by atoms with van der Waals surface area (Å²) in [4.78, 5) is 4.34. The zero-order chi connectivity index (χ0) is 13.3. The number of nitrogens with two attached hydrogens (primary N) is 1. The maximum absolute atomic E-state index is 6.21. The first-order valence-electron chi connectivity index (χ1n) is 6.65. The summed E-state index contributed by atoms with van der Waals surface area (Å²) in [6.07, 6.45) is 7.53. The molecule has 0 atom stereocenters. The topological polar surface area (TPSA) is 50.9 Å². The zero-order valence-electron chi connectivity index (χ0n) is 11.1. The summed E-state index contributed by atoms with van der Waals surface area (Å²) in [6, 6.07) is 4.19. The van der Waals surface area contributed by atoms with E-state index in [1.54, 1.807) is 11.3 Å². The van der Waals surface area contributed by atoms with Crippen molar-refractivity contribution in [2.75, 3.05) is 23.9 Å². The SMILES string of the molecule is CSC1(CNc2ccc3scnc3c2N)CCCC1. The standard InChI is InChI=1S/C14H19N3S2/c1-18-14(6-2-3-7-14)8-16-10-4-5-11-13(12(10)15)17-9-19-11/h4-5,9,16H,2-3,6-8,15H2,1H3. The number of anilines is 2. The van der Waals surface area contributed by atoms with E-state index in [-0.39, 0.29) is 0 Å². The minimum absolute atomic E-state index is 0.392. The predicted octanol–water partition coefficient (Wildman–Crippen LogP) is 3.97. The van der Waals surface area contributed by atoms with Crippen LogP contribution in [0.5, 0.6) is 0 Å². The van der Waals surface area contributed by atoms with Gasteiger partial charge in [-0.1, -0.05) is 12.8 Å². The lowest BCUT2D eigenvalue weighted by atomic mass is 10.1. The molecule has 19 heavy (non-hydrogen) atoms. The van der Waals surface area contributed by atoms with Crippen LogP contribution in [0.15, 0.2) is 17.6 Å². The van der Waals surface area contributed by atoms with Crippen molar-refractivity contribution in [1.82, 2.24) is 4.98 Å². The normalized spacial score (nSPS) is 17.9. The molecule has 0 aliphatic heterocycles. The highest BCUT2D eigenvalue weighted by Crippen LogP contribution is 2.41. The molecule has 0 radical (unpaired) electrons. The quantitative estimate of drug-likeness (QED) is 0.838. The van der Waals surface area contributed by atoms with Crippen molar-refractivity contribution >= 4 is 44.7 Å². The Balaban J connectivity index is 1.79. The van der Waals surface area contributed by atoms with Gasteiger partial charge in [-0.15, -0.1) is 11.3 Å². The molecule has 5 heteroatoms. The van der Waals surface area contributed by atoms with Crippen LogP contribution in [0.1, 0.15) is 25.7 Å². The molecule has 0 saturated heterocycles. The fourth-order valence-corrected chi connectivity index (χ4v) is 4.44. The average molecular weight is 293 g/mol. The maximum atomic E-state index is 6.21. The molecule has 0 amide bonds. The molecule has 1 saturated carbocycles. The van der Waals surface area contributed by atoms with Gasteiger partial charge in [-0.2, -0.15) is 11.8 Å². The molecule has 1 aromatic carbocycles. The van der Waals surface area contributed by atoms with Gasteiger partial charge < -0.3 is 11.1 Å². The minimum atomic E-state index is 0.392. The first-order chi connectivity index (χ1) is 9.24. The molecule has 0 spiro atoms. The summed E-state index contributed by atoms with van der Waals surface area (Å²) in [5.74, 6) is 0. The Labute approximate surface area is 122 Å². The third-order valence-corrected chi connectivity index (χ3v) is 6.30. The molecule has 1 heterocycles. The zero-order valence-corrected chi connectivity index (χ0v) is 12.7. The monoisotopic (exact) mass is 293 g/mol. The Bertz CT molecular complexity index is 573. The van der Waals surface area contributed by atoms with Gasteiger partial charge in [0.1, 0.15) is 5.52 Å². The molecule has 0 bridgehead atoms. The van der Waals surface area contributed by atoms with Crippen molar-refractivity contribution in [2.45, 2.75) is 30.4 Å². The highest BCUT2D eigenvalue weighted by Gasteiger charge is 2.32. The van der Waals surface area contributed by atoms with Crippen LogP contribution in [0.2, 0.25) is 0 Å². The van der Waals surface area contributed by atoms with Crippen molar-refractivity contribution in [3.05, 3.63) is 17.6 Å². The van der Waals surface area contributed by atoms with E-state index in [0.29, 0.717) is 4.75 Å². The van der Waals surface area contributed by atoms with E-state index in [0.717, 1.165) is 28.1 Å². The van der Waals surface area contributed by atoms with Gasteiger partial charge in [0, 0.05) is 11.3 Å². The third-order valence-electron chi connectivity index (χ3n) is 4.09. The van der Waals surface area contributed by atoms with Crippen molar-refractivity contribution in [3.63, 3.8) is 0 Å². The van der Waals surface area contributed by atoms with Gasteiger partial charge in [-0.3, -0.25) is 0 Å². The Morgan fingerprint density at radius 2 is 2.21 bits per heavy atom. The van der Waals surface area contributed by atoms with E-state index in [4.69, 9.17) is 5.73 Å². The number of nitrogens with zero attached hydrogens (tertiary/aromatic N) is 1. The third kappa shape index (κ3) is 2.41. The Hall–Kier alpha value is -0.940. The van der Waals surface area contributed by atoms with Crippen LogP contribution in [0.3, 0.4) is 0 Å². The van der Waals surface area contributed by atoms with Crippen LogP contribution in [0.4, 0.5) is 11.4 Å². The fraction of sp³-hybridized carbons (Fsp3) is 0.500. The number of hydrogen-bond acceptors (Lipinski definition) is 5. The number of nitrogens with one attached hydrogen (secondary N) is 1. The Morgan fingerprint density at radius 1 is 1.42 bits per heavy atom. The van der Waals surface area contributed by atoms with Crippen molar-refractivity contribution in [1.29, 1.82) is 0 Å². The molecule has 3 nitrogen and oxygen atoms in total. The van der Waals surface area contributed by atoms with E-state index in [1.807, 2.05) is 17.3 Å². The second kappa shape index (κ2) is 5.21. The molecule has 3 N–H and O–H groups in total. The van der Waals surface area contributed by atoms with E-state index in [2.05, 4.69) is 28.7 Å². The number of thioether (sulfide) groups is 1. The minimum Gasteiger partial charge on any atom is -0.395 e. The Kier molecular flexibility index (Phi) is 3.58. The van der Waals surface area contributed by atoms with Crippen molar-refractivity contribution < 1.29 is 0 Å². The van der Waals surface area contributed by atoms with E-state index in [1.165, 1.54) is 25.7 Å². The smallest absolute Gasteiger partial charge is 0.106 e. The predicted molar refractivity (Wildman–Crippen MR) is 87.2 cm³/mol. The van der Waals surface area contributed by atoms with E-state index in [9.17, 15) is 0 Å². The van der Waals surface area contributed by atoms with Gasteiger partial charge in [0.15, 0.2) is 0 Å². The molecule has 1 aromatic heterocycles. The highest BCUT2D eigenvalue weighted by molar-refractivity contribution is 8.00. The van der Waals surface area contributed by atoms with E-state index >= 15 is 0 Å². The summed E-state index contributed by atoms with van der Waals surface area (Å²) in [5, 5.41) is 3.55. The van der Waals surface area contributed by atoms with Gasteiger partial charge in [-0.05, 0) is 31.2 Å². The number of hydrogen-bond donors (Lipinski definition) is 2. The summed E-state index contributed by atoms with van der Waals surface area (Å²) >= 11 is 3.63. The van der Waals surface area contributed by atoms with Gasteiger partial charge in [0.2, 0.25) is 0 Å². The number of nitrogen functional groups attached to an aromatic ring is 1. The van der Waals surface area contributed by atoms with Crippen molar-refractivity contribution in [2.24, 2.45) is 0 Å². The largest absolute Gasteiger partial charge is 0.395 e. The molecular formula is C14H19N3S2. The van der Waals surface area contributed by atoms with Crippen LogP contribution in [0.25, 0.3) is 10.2 Å². The second-order valence-corrected chi connectivity index (χ2v) is 7.33. The molecular weight excluding hydrogens is 274 g/mol. The van der Waals surface area contributed by atoms with Crippen LogP contribution in [-0.2, 0) is 0 Å². The van der Waals surface area contributed by atoms with Crippen LogP contribution >= 0.6 is 23.1 Å². The van der Waals surface area contributed by atoms with Crippen LogP contribution in [-0.4, -0.2) is 22.5 Å². The fourth-order valence-electron chi connectivity index (χ4n) is 2.83. The number of fused-ring (bicyclic) bond motifs is 1. The highest BCUT2D eigenvalue weighted by atomic mass is 32.2. The van der Waals surface area contributed by atoms with E-state index < -0.39 is 0 Å². The molecule has 2 aromatic rings. The van der Waals surface area contributed by atoms with Gasteiger partial charge in [-0.25, -0.2) is 4.98 Å². The second-order valence-electron chi connectivity index (χ2n) is 5.17. The molecule has 1 fully saturated rings. The molecule has 1 aliphatic carbocycles. The first kappa shape index (κ1) is 13.1.